The molecule has 84 valence electrons. The van der Waals surface area contributed by atoms with E-state index in [-0.39, 0.29) is 5.82 Å². The summed E-state index contributed by atoms with van der Waals surface area (Å²) < 4.78 is 14.1. The number of hydrogen-bond acceptors (Lipinski definition) is 5. The van der Waals surface area contributed by atoms with Gasteiger partial charge in [0.25, 0.3) is 0 Å². The molecule has 0 saturated heterocycles. The zero-order valence-electron chi connectivity index (χ0n) is 8.61. The zero-order valence-corrected chi connectivity index (χ0v) is 10.2. The summed E-state index contributed by atoms with van der Waals surface area (Å²) in [6, 6.07) is 6.77. The molecule has 2 aromatic rings. The number of anilines is 1. The summed E-state index contributed by atoms with van der Waals surface area (Å²) in [5.41, 5.74) is 0.689. The van der Waals surface area contributed by atoms with Crippen LogP contribution in [0.2, 0.25) is 0 Å². The topological polar surface area (TPSA) is 37.8 Å². The lowest BCUT2D eigenvalue weighted by molar-refractivity contribution is 0.617. The third-order valence-electron chi connectivity index (χ3n) is 1.93. The highest BCUT2D eigenvalue weighted by molar-refractivity contribution is 8.00. The number of nitrogens with zero attached hydrogens (tertiary/aromatic N) is 2. The van der Waals surface area contributed by atoms with E-state index in [9.17, 15) is 4.39 Å². The summed E-state index contributed by atoms with van der Waals surface area (Å²) in [5.74, 6) is 0.402. The Labute approximate surface area is 101 Å². The van der Waals surface area contributed by atoms with Crippen LogP contribution in [0, 0.1) is 5.82 Å². The summed E-state index contributed by atoms with van der Waals surface area (Å²) in [6.07, 6.45) is 0. The summed E-state index contributed by atoms with van der Waals surface area (Å²) in [4.78, 5) is 0. The number of benzene rings is 1. The third-order valence-corrected chi connectivity index (χ3v) is 4.05. The molecular weight excluding hydrogens is 245 g/mol. The van der Waals surface area contributed by atoms with Gasteiger partial charge in [-0.2, -0.15) is 0 Å². The van der Waals surface area contributed by atoms with Gasteiger partial charge in [0.1, 0.15) is 5.82 Å². The lowest BCUT2D eigenvalue weighted by atomic mass is 10.2. The molecule has 6 heteroatoms. The summed E-state index contributed by atoms with van der Waals surface area (Å²) in [6.45, 7) is 0. The van der Waals surface area contributed by atoms with Crippen molar-refractivity contribution >= 4 is 28.2 Å². The van der Waals surface area contributed by atoms with Crippen molar-refractivity contribution in [1.82, 2.24) is 10.2 Å². The molecule has 1 N–H and O–H groups in total. The van der Waals surface area contributed by atoms with Gasteiger partial charge in [-0.05, 0) is 11.6 Å². The maximum absolute atomic E-state index is 13.3. The highest BCUT2D eigenvalue weighted by Gasteiger charge is 2.05. The van der Waals surface area contributed by atoms with E-state index in [1.54, 1.807) is 19.2 Å². The Morgan fingerprint density at radius 1 is 1.38 bits per heavy atom. The molecule has 0 unspecified atom stereocenters. The molecule has 3 nitrogen and oxygen atoms in total. The molecule has 0 fully saturated rings. The quantitative estimate of drug-likeness (QED) is 0.852. The Morgan fingerprint density at radius 3 is 2.88 bits per heavy atom. The molecule has 0 aliphatic rings. The van der Waals surface area contributed by atoms with Gasteiger partial charge in [0.15, 0.2) is 4.34 Å². The highest BCUT2D eigenvalue weighted by Crippen LogP contribution is 2.28. The Morgan fingerprint density at radius 2 is 2.19 bits per heavy atom. The predicted molar refractivity (Wildman–Crippen MR) is 65.4 cm³/mol. The first-order valence-corrected chi connectivity index (χ1v) is 6.47. The highest BCUT2D eigenvalue weighted by atomic mass is 32.2. The minimum absolute atomic E-state index is 0.173. The second-order valence-corrected chi connectivity index (χ2v) is 5.20. The average molecular weight is 255 g/mol. The maximum Gasteiger partial charge on any atom is 0.206 e. The molecule has 1 heterocycles. The van der Waals surface area contributed by atoms with Crippen molar-refractivity contribution in [2.75, 3.05) is 12.4 Å². The normalized spacial score (nSPS) is 10.4. The van der Waals surface area contributed by atoms with Crippen LogP contribution in [0.1, 0.15) is 5.56 Å². The Kier molecular flexibility index (Phi) is 3.74. The summed E-state index contributed by atoms with van der Waals surface area (Å²) >= 11 is 2.95. The van der Waals surface area contributed by atoms with Crippen LogP contribution >= 0.6 is 23.1 Å². The Hall–Kier alpha value is -1.14. The second-order valence-electron chi connectivity index (χ2n) is 3.00. The van der Waals surface area contributed by atoms with E-state index in [4.69, 9.17) is 0 Å². The van der Waals surface area contributed by atoms with Crippen molar-refractivity contribution < 1.29 is 4.39 Å². The van der Waals surface area contributed by atoms with Gasteiger partial charge in [-0.15, -0.1) is 10.2 Å². The number of thioether (sulfide) groups is 1. The van der Waals surface area contributed by atoms with Gasteiger partial charge in [0.05, 0.1) is 0 Å². The summed E-state index contributed by atoms with van der Waals surface area (Å²) in [7, 11) is 1.80. The number of aromatic nitrogens is 2. The van der Waals surface area contributed by atoms with E-state index >= 15 is 0 Å². The van der Waals surface area contributed by atoms with Gasteiger partial charge in [-0.25, -0.2) is 4.39 Å². The largest absolute Gasteiger partial charge is 0.363 e. The number of nitrogens with one attached hydrogen (secondary N) is 1. The van der Waals surface area contributed by atoms with Gasteiger partial charge in [0, 0.05) is 12.8 Å². The van der Waals surface area contributed by atoms with Crippen LogP contribution in [0.3, 0.4) is 0 Å². The molecule has 0 amide bonds. The van der Waals surface area contributed by atoms with Crippen molar-refractivity contribution in [2.24, 2.45) is 0 Å². The van der Waals surface area contributed by atoms with Crippen molar-refractivity contribution in [3.05, 3.63) is 35.6 Å². The second kappa shape index (κ2) is 5.27. The Bertz CT molecular complexity index is 473. The van der Waals surface area contributed by atoms with Gasteiger partial charge < -0.3 is 5.32 Å². The lowest BCUT2D eigenvalue weighted by Gasteiger charge is -1.99. The average Bonchev–Trinajstić information content (AvgIpc) is 2.76. The van der Waals surface area contributed by atoms with Gasteiger partial charge in [-0.3, -0.25) is 0 Å². The standard InChI is InChI=1S/C10H10FN3S2/c1-12-9-13-14-10(16-9)15-6-7-4-2-3-5-8(7)11/h2-5H,6H2,1H3,(H,12,13). The molecule has 16 heavy (non-hydrogen) atoms. The molecule has 0 aliphatic heterocycles. The number of rotatable bonds is 4. The number of hydrogen-bond donors (Lipinski definition) is 1. The first-order valence-electron chi connectivity index (χ1n) is 4.67. The van der Waals surface area contributed by atoms with E-state index < -0.39 is 0 Å². The Balaban J connectivity index is 1.99. The van der Waals surface area contributed by atoms with Crippen molar-refractivity contribution in [2.45, 2.75) is 10.1 Å². The van der Waals surface area contributed by atoms with Gasteiger partial charge >= 0.3 is 0 Å². The van der Waals surface area contributed by atoms with E-state index in [1.165, 1.54) is 29.2 Å². The SMILES string of the molecule is CNc1nnc(SCc2ccccc2F)s1. The molecular formula is C10H10FN3S2. The zero-order chi connectivity index (χ0) is 11.4. The fourth-order valence-electron chi connectivity index (χ4n) is 1.12. The molecule has 0 saturated carbocycles. The van der Waals surface area contributed by atoms with E-state index in [0.29, 0.717) is 11.3 Å². The van der Waals surface area contributed by atoms with Crippen LogP contribution in [-0.4, -0.2) is 17.2 Å². The predicted octanol–water partition coefficient (Wildman–Crippen LogP) is 3.01. The first-order chi connectivity index (χ1) is 7.79. The van der Waals surface area contributed by atoms with Crippen molar-refractivity contribution in [1.29, 1.82) is 0 Å². The smallest absolute Gasteiger partial charge is 0.206 e. The van der Waals surface area contributed by atoms with Crippen LogP contribution in [0.15, 0.2) is 28.6 Å². The molecule has 1 aromatic heterocycles. The molecule has 1 aromatic carbocycles. The minimum atomic E-state index is -0.173. The fraction of sp³-hybridized carbons (Fsp3) is 0.200. The van der Waals surface area contributed by atoms with Crippen LogP contribution in [-0.2, 0) is 5.75 Å². The van der Waals surface area contributed by atoms with E-state index in [1.807, 2.05) is 6.07 Å². The van der Waals surface area contributed by atoms with Crippen LogP contribution in [0.25, 0.3) is 0 Å². The van der Waals surface area contributed by atoms with Gasteiger partial charge in [0.2, 0.25) is 5.13 Å². The molecule has 2 rings (SSSR count). The van der Waals surface area contributed by atoms with Crippen LogP contribution in [0.5, 0.6) is 0 Å². The maximum atomic E-state index is 13.3. The molecule has 0 spiro atoms. The third kappa shape index (κ3) is 2.70. The van der Waals surface area contributed by atoms with Crippen molar-refractivity contribution in [3.63, 3.8) is 0 Å². The molecule has 0 bridgehead atoms. The molecule has 0 radical (unpaired) electrons. The van der Waals surface area contributed by atoms with Gasteiger partial charge in [-0.1, -0.05) is 41.3 Å². The van der Waals surface area contributed by atoms with Crippen LogP contribution in [0.4, 0.5) is 9.52 Å². The monoisotopic (exact) mass is 255 g/mol. The van der Waals surface area contributed by atoms with E-state index in [2.05, 4.69) is 15.5 Å². The minimum Gasteiger partial charge on any atom is -0.363 e. The van der Waals surface area contributed by atoms with Crippen LogP contribution < -0.4 is 5.32 Å². The van der Waals surface area contributed by atoms with Crippen molar-refractivity contribution in [3.8, 4) is 0 Å². The first kappa shape index (κ1) is 11.3. The number of halogens is 1. The molecule has 0 aliphatic carbocycles. The summed E-state index contributed by atoms with van der Waals surface area (Å²) in [5, 5.41) is 11.6. The lowest BCUT2D eigenvalue weighted by Crippen LogP contribution is -1.86. The van der Waals surface area contributed by atoms with E-state index in [0.717, 1.165) is 9.47 Å². The fourth-order valence-corrected chi connectivity index (χ4v) is 2.82. The molecule has 0 atom stereocenters.